The van der Waals surface area contributed by atoms with Crippen LogP contribution in [-0.2, 0) is 0 Å². The van der Waals surface area contributed by atoms with E-state index in [1.807, 2.05) is 6.07 Å². The molecule has 1 N–H and O–H groups in total. The van der Waals surface area contributed by atoms with Gasteiger partial charge in [0, 0.05) is 31.1 Å². The van der Waals surface area contributed by atoms with Crippen molar-refractivity contribution in [1.29, 1.82) is 0 Å². The molecule has 2 rings (SSSR count). The smallest absolute Gasteiger partial charge is 0.165 e. The number of para-hydroxylation sites is 1. The van der Waals surface area contributed by atoms with Crippen molar-refractivity contribution in [2.75, 3.05) is 32.8 Å². The van der Waals surface area contributed by atoms with E-state index in [-0.39, 0.29) is 11.9 Å². The molecule has 3 nitrogen and oxygen atoms in total. The standard InChI is InChI=1S/C15H23FN2O/c1-3-18(4-2)10-9-17-14-8-11-19-15-12(14)6-5-7-13(15)16/h5-7,14,17H,3-4,8-11H2,1-2H3. The third-order valence-electron chi connectivity index (χ3n) is 3.74. The molecule has 1 unspecified atom stereocenters. The number of ether oxygens (including phenoxy) is 1. The number of hydrogen-bond donors (Lipinski definition) is 1. The van der Waals surface area contributed by atoms with E-state index < -0.39 is 0 Å². The Morgan fingerprint density at radius 3 is 2.89 bits per heavy atom. The summed E-state index contributed by atoms with van der Waals surface area (Å²) in [4.78, 5) is 2.37. The third kappa shape index (κ3) is 3.45. The number of hydrogen-bond acceptors (Lipinski definition) is 3. The Morgan fingerprint density at radius 2 is 2.16 bits per heavy atom. The lowest BCUT2D eigenvalue weighted by Gasteiger charge is -2.28. The number of rotatable bonds is 6. The summed E-state index contributed by atoms with van der Waals surface area (Å²) in [5, 5.41) is 3.52. The van der Waals surface area contributed by atoms with Gasteiger partial charge in [-0.1, -0.05) is 26.0 Å². The van der Waals surface area contributed by atoms with Crippen LogP contribution in [0.2, 0.25) is 0 Å². The predicted molar refractivity (Wildman–Crippen MR) is 75.0 cm³/mol. The molecular weight excluding hydrogens is 243 g/mol. The summed E-state index contributed by atoms with van der Waals surface area (Å²) in [6.45, 7) is 8.99. The zero-order valence-corrected chi connectivity index (χ0v) is 11.8. The topological polar surface area (TPSA) is 24.5 Å². The molecular formula is C15H23FN2O. The minimum Gasteiger partial charge on any atom is -0.490 e. The first-order chi connectivity index (χ1) is 9.26. The summed E-state index contributed by atoms with van der Waals surface area (Å²) in [7, 11) is 0. The van der Waals surface area contributed by atoms with Crippen LogP contribution in [0.25, 0.3) is 0 Å². The van der Waals surface area contributed by atoms with E-state index in [0.29, 0.717) is 12.4 Å². The van der Waals surface area contributed by atoms with Gasteiger partial charge in [0.1, 0.15) is 0 Å². The molecule has 19 heavy (non-hydrogen) atoms. The molecule has 1 atom stereocenters. The lowest BCUT2D eigenvalue weighted by Crippen LogP contribution is -2.35. The van der Waals surface area contributed by atoms with E-state index in [0.717, 1.165) is 38.2 Å². The first-order valence-electron chi connectivity index (χ1n) is 7.13. The minimum absolute atomic E-state index is 0.204. The van der Waals surface area contributed by atoms with Crippen LogP contribution in [0.3, 0.4) is 0 Å². The molecule has 0 saturated carbocycles. The van der Waals surface area contributed by atoms with Gasteiger partial charge in [-0.15, -0.1) is 0 Å². The second kappa shape index (κ2) is 6.87. The van der Waals surface area contributed by atoms with Crippen LogP contribution in [0.5, 0.6) is 5.75 Å². The van der Waals surface area contributed by atoms with Gasteiger partial charge >= 0.3 is 0 Å². The monoisotopic (exact) mass is 266 g/mol. The summed E-state index contributed by atoms with van der Waals surface area (Å²) in [6.07, 6.45) is 0.898. The zero-order valence-electron chi connectivity index (χ0n) is 11.8. The molecule has 0 amide bonds. The average molecular weight is 266 g/mol. The maximum absolute atomic E-state index is 13.6. The first kappa shape index (κ1) is 14.3. The molecule has 0 saturated heterocycles. The molecule has 1 aromatic carbocycles. The molecule has 0 radical (unpaired) electrons. The number of likely N-dealkylation sites (N-methyl/N-ethyl adjacent to an activating group) is 1. The van der Waals surface area contributed by atoms with Gasteiger partial charge in [0.05, 0.1) is 6.61 Å². The van der Waals surface area contributed by atoms with Crippen molar-refractivity contribution in [3.8, 4) is 5.75 Å². The molecule has 0 bridgehead atoms. The fraction of sp³-hybridized carbons (Fsp3) is 0.600. The van der Waals surface area contributed by atoms with Crippen molar-refractivity contribution in [2.24, 2.45) is 0 Å². The highest BCUT2D eigenvalue weighted by Gasteiger charge is 2.23. The third-order valence-corrected chi connectivity index (χ3v) is 3.74. The van der Waals surface area contributed by atoms with Crippen LogP contribution in [0.15, 0.2) is 18.2 Å². The first-order valence-corrected chi connectivity index (χ1v) is 7.13. The van der Waals surface area contributed by atoms with Crippen molar-refractivity contribution in [3.63, 3.8) is 0 Å². The fourth-order valence-electron chi connectivity index (χ4n) is 2.54. The lowest BCUT2D eigenvalue weighted by atomic mass is 10.0. The van der Waals surface area contributed by atoms with E-state index in [9.17, 15) is 4.39 Å². The van der Waals surface area contributed by atoms with E-state index in [1.54, 1.807) is 6.07 Å². The van der Waals surface area contributed by atoms with Gasteiger partial charge in [0.2, 0.25) is 0 Å². The lowest BCUT2D eigenvalue weighted by molar-refractivity contribution is 0.233. The summed E-state index contributed by atoms with van der Waals surface area (Å²) in [5.74, 6) is 0.168. The van der Waals surface area contributed by atoms with Crippen LogP contribution < -0.4 is 10.1 Å². The maximum atomic E-state index is 13.6. The van der Waals surface area contributed by atoms with Crippen molar-refractivity contribution >= 4 is 0 Å². The van der Waals surface area contributed by atoms with Crippen molar-refractivity contribution in [2.45, 2.75) is 26.3 Å². The Hall–Kier alpha value is -1.13. The number of halogens is 1. The highest BCUT2D eigenvalue weighted by atomic mass is 19.1. The highest BCUT2D eigenvalue weighted by Crippen LogP contribution is 2.33. The Kier molecular flexibility index (Phi) is 5.16. The Labute approximate surface area is 114 Å². The van der Waals surface area contributed by atoms with E-state index >= 15 is 0 Å². The second-order valence-electron chi connectivity index (χ2n) is 4.83. The largest absolute Gasteiger partial charge is 0.490 e. The summed E-state index contributed by atoms with van der Waals surface area (Å²) in [6, 6.07) is 5.36. The van der Waals surface area contributed by atoms with Gasteiger partial charge in [0.15, 0.2) is 11.6 Å². The molecule has 0 aliphatic carbocycles. The molecule has 1 aliphatic heterocycles. The fourth-order valence-corrected chi connectivity index (χ4v) is 2.54. The number of fused-ring (bicyclic) bond motifs is 1. The quantitative estimate of drug-likeness (QED) is 0.856. The SMILES string of the molecule is CCN(CC)CCNC1CCOc2c(F)cccc21. The molecule has 1 aliphatic rings. The molecule has 1 aromatic rings. The Bertz CT molecular complexity index is 407. The van der Waals surface area contributed by atoms with Crippen LogP contribution in [0.4, 0.5) is 4.39 Å². The van der Waals surface area contributed by atoms with Gasteiger partial charge in [-0.3, -0.25) is 0 Å². The Morgan fingerprint density at radius 1 is 1.37 bits per heavy atom. The summed E-state index contributed by atoms with van der Waals surface area (Å²) < 4.78 is 19.1. The van der Waals surface area contributed by atoms with Crippen LogP contribution in [0.1, 0.15) is 31.9 Å². The van der Waals surface area contributed by atoms with Crippen LogP contribution in [0, 0.1) is 5.82 Å². The molecule has 0 aromatic heterocycles. The molecule has 0 spiro atoms. The van der Waals surface area contributed by atoms with Gasteiger partial charge in [-0.25, -0.2) is 4.39 Å². The molecule has 1 heterocycles. The van der Waals surface area contributed by atoms with Crippen LogP contribution in [-0.4, -0.2) is 37.7 Å². The van der Waals surface area contributed by atoms with Crippen LogP contribution >= 0.6 is 0 Å². The van der Waals surface area contributed by atoms with Crippen molar-refractivity contribution < 1.29 is 9.13 Å². The second-order valence-corrected chi connectivity index (χ2v) is 4.83. The van der Waals surface area contributed by atoms with E-state index in [1.165, 1.54) is 6.07 Å². The normalized spacial score (nSPS) is 18.2. The van der Waals surface area contributed by atoms with Crippen molar-refractivity contribution in [3.05, 3.63) is 29.6 Å². The highest BCUT2D eigenvalue weighted by molar-refractivity contribution is 5.38. The number of nitrogens with zero attached hydrogens (tertiary/aromatic N) is 1. The minimum atomic E-state index is -0.257. The van der Waals surface area contributed by atoms with Gasteiger partial charge in [-0.05, 0) is 19.2 Å². The number of nitrogens with one attached hydrogen (secondary N) is 1. The molecule has 106 valence electrons. The summed E-state index contributed by atoms with van der Waals surface area (Å²) in [5.41, 5.74) is 0.950. The van der Waals surface area contributed by atoms with E-state index in [4.69, 9.17) is 4.74 Å². The maximum Gasteiger partial charge on any atom is 0.165 e. The van der Waals surface area contributed by atoms with Gasteiger partial charge in [-0.2, -0.15) is 0 Å². The van der Waals surface area contributed by atoms with Gasteiger partial charge in [0.25, 0.3) is 0 Å². The van der Waals surface area contributed by atoms with Crippen molar-refractivity contribution in [1.82, 2.24) is 10.2 Å². The zero-order chi connectivity index (χ0) is 13.7. The number of benzene rings is 1. The predicted octanol–water partition coefficient (Wildman–Crippen LogP) is 2.58. The average Bonchev–Trinajstić information content (AvgIpc) is 2.44. The molecule has 0 fully saturated rings. The van der Waals surface area contributed by atoms with Gasteiger partial charge < -0.3 is 15.0 Å². The van der Waals surface area contributed by atoms with E-state index in [2.05, 4.69) is 24.1 Å². The molecule has 4 heteroatoms. The Balaban J connectivity index is 1.94. The summed E-state index contributed by atoms with van der Waals surface area (Å²) >= 11 is 0.